The SMILES string of the molecule is COC[Si](C)(C)Oc1ccccc1. The quantitative estimate of drug-likeness (QED) is 0.689. The Morgan fingerprint density at radius 1 is 1.15 bits per heavy atom. The Balaban J connectivity index is 2.58. The second-order valence-electron chi connectivity index (χ2n) is 3.61. The van der Waals surface area contributed by atoms with Gasteiger partial charge in [0, 0.05) is 7.11 Å². The van der Waals surface area contributed by atoms with Crippen molar-refractivity contribution in [2.24, 2.45) is 0 Å². The first-order chi connectivity index (χ1) is 6.14. The lowest BCUT2D eigenvalue weighted by Crippen LogP contribution is -2.39. The van der Waals surface area contributed by atoms with Crippen molar-refractivity contribution in [1.29, 1.82) is 0 Å². The maximum absolute atomic E-state index is 5.86. The van der Waals surface area contributed by atoms with E-state index in [1.165, 1.54) is 0 Å². The van der Waals surface area contributed by atoms with Gasteiger partial charge in [-0.25, -0.2) is 0 Å². The summed E-state index contributed by atoms with van der Waals surface area (Å²) in [5, 5.41) is 0. The van der Waals surface area contributed by atoms with Crippen molar-refractivity contribution >= 4 is 8.32 Å². The van der Waals surface area contributed by atoms with E-state index in [1.807, 2.05) is 30.3 Å². The zero-order chi connectivity index (χ0) is 9.73. The molecule has 0 bridgehead atoms. The van der Waals surface area contributed by atoms with E-state index in [4.69, 9.17) is 9.16 Å². The number of rotatable bonds is 4. The number of hydrogen-bond donors (Lipinski definition) is 0. The van der Waals surface area contributed by atoms with Crippen LogP contribution in [0.4, 0.5) is 0 Å². The van der Waals surface area contributed by atoms with Crippen molar-refractivity contribution < 1.29 is 9.16 Å². The summed E-state index contributed by atoms with van der Waals surface area (Å²) in [7, 11) is 0.0450. The van der Waals surface area contributed by atoms with E-state index >= 15 is 0 Å². The van der Waals surface area contributed by atoms with E-state index in [0.29, 0.717) is 0 Å². The Morgan fingerprint density at radius 3 is 2.31 bits per heavy atom. The Labute approximate surface area is 80.6 Å². The molecular weight excluding hydrogens is 180 g/mol. The summed E-state index contributed by atoms with van der Waals surface area (Å²) in [4.78, 5) is 0. The Hall–Kier alpha value is -0.803. The topological polar surface area (TPSA) is 18.5 Å². The molecule has 0 radical (unpaired) electrons. The van der Waals surface area contributed by atoms with Gasteiger partial charge in [-0.3, -0.25) is 0 Å². The summed E-state index contributed by atoms with van der Waals surface area (Å²) in [5.41, 5.74) is 0. The molecule has 0 aliphatic carbocycles. The van der Waals surface area contributed by atoms with E-state index in [1.54, 1.807) is 7.11 Å². The monoisotopic (exact) mass is 196 g/mol. The van der Waals surface area contributed by atoms with E-state index in [-0.39, 0.29) is 0 Å². The lowest BCUT2D eigenvalue weighted by molar-refractivity contribution is 0.234. The first-order valence-electron chi connectivity index (χ1n) is 4.37. The molecule has 0 heterocycles. The van der Waals surface area contributed by atoms with Crippen LogP contribution in [0.25, 0.3) is 0 Å². The van der Waals surface area contributed by atoms with Crippen molar-refractivity contribution in [2.45, 2.75) is 13.1 Å². The summed E-state index contributed by atoms with van der Waals surface area (Å²) < 4.78 is 11.0. The molecule has 0 aromatic heterocycles. The largest absolute Gasteiger partial charge is 0.542 e. The Bertz CT molecular complexity index is 246. The van der Waals surface area contributed by atoms with E-state index in [2.05, 4.69) is 13.1 Å². The molecule has 0 unspecified atom stereocenters. The van der Waals surface area contributed by atoms with Crippen LogP contribution >= 0.6 is 0 Å². The minimum atomic E-state index is -1.67. The average molecular weight is 196 g/mol. The summed E-state index contributed by atoms with van der Waals surface area (Å²) in [6, 6.07) is 9.89. The summed E-state index contributed by atoms with van der Waals surface area (Å²) in [6.45, 7) is 4.28. The highest BCUT2D eigenvalue weighted by Crippen LogP contribution is 2.14. The van der Waals surface area contributed by atoms with Gasteiger partial charge in [0.1, 0.15) is 5.75 Å². The fourth-order valence-corrected chi connectivity index (χ4v) is 2.71. The predicted octanol–water partition coefficient (Wildman–Crippen LogP) is 2.46. The van der Waals surface area contributed by atoms with Gasteiger partial charge in [0.2, 0.25) is 0 Å². The predicted molar refractivity (Wildman–Crippen MR) is 56.4 cm³/mol. The molecule has 0 saturated heterocycles. The molecule has 0 spiro atoms. The molecule has 0 aliphatic rings. The molecule has 2 nitrogen and oxygen atoms in total. The third-order valence-corrected chi connectivity index (χ3v) is 3.40. The molecule has 0 aliphatic heterocycles. The molecule has 0 saturated carbocycles. The highest BCUT2D eigenvalue weighted by atomic mass is 28.4. The van der Waals surface area contributed by atoms with Crippen LogP contribution in [0.2, 0.25) is 13.1 Å². The van der Waals surface area contributed by atoms with E-state index in [9.17, 15) is 0 Å². The number of benzene rings is 1. The van der Waals surface area contributed by atoms with Crippen molar-refractivity contribution in [3.8, 4) is 5.75 Å². The zero-order valence-electron chi connectivity index (χ0n) is 8.41. The number of methoxy groups -OCH3 is 1. The first kappa shape index (κ1) is 10.3. The van der Waals surface area contributed by atoms with Crippen LogP contribution in [0.5, 0.6) is 5.75 Å². The average Bonchev–Trinajstić information content (AvgIpc) is 2.04. The van der Waals surface area contributed by atoms with Gasteiger partial charge in [0.15, 0.2) is 0 Å². The Morgan fingerprint density at radius 2 is 1.77 bits per heavy atom. The maximum atomic E-state index is 5.86. The van der Waals surface area contributed by atoms with E-state index in [0.717, 1.165) is 12.0 Å². The van der Waals surface area contributed by atoms with Crippen LogP contribution in [0.1, 0.15) is 0 Å². The highest BCUT2D eigenvalue weighted by Gasteiger charge is 2.23. The van der Waals surface area contributed by atoms with Crippen LogP contribution < -0.4 is 4.43 Å². The molecule has 0 N–H and O–H groups in total. The van der Waals surface area contributed by atoms with Crippen LogP contribution in [-0.4, -0.2) is 21.7 Å². The molecular formula is C10H16O2Si. The van der Waals surface area contributed by atoms with Gasteiger partial charge in [-0.05, 0) is 25.2 Å². The van der Waals surface area contributed by atoms with Gasteiger partial charge < -0.3 is 9.16 Å². The lowest BCUT2D eigenvalue weighted by atomic mass is 10.3. The summed E-state index contributed by atoms with van der Waals surface area (Å²) in [6.07, 6.45) is 0.724. The second kappa shape index (κ2) is 4.44. The molecule has 1 aromatic rings. The molecule has 0 atom stereocenters. The molecule has 1 aromatic carbocycles. The number of hydrogen-bond acceptors (Lipinski definition) is 2. The molecule has 0 amide bonds. The molecule has 1 rings (SSSR count). The van der Waals surface area contributed by atoms with Gasteiger partial charge >= 0.3 is 0 Å². The first-order valence-corrected chi connectivity index (χ1v) is 7.48. The van der Waals surface area contributed by atoms with Gasteiger partial charge in [0.05, 0.1) is 6.23 Å². The summed E-state index contributed by atoms with van der Waals surface area (Å²) in [5.74, 6) is 0.941. The normalized spacial score (nSPS) is 11.3. The lowest BCUT2D eigenvalue weighted by Gasteiger charge is -2.22. The smallest absolute Gasteiger partial charge is 0.270 e. The van der Waals surface area contributed by atoms with Crippen LogP contribution in [0.3, 0.4) is 0 Å². The van der Waals surface area contributed by atoms with Gasteiger partial charge in [-0.15, -0.1) is 0 Å². The second-order valence-corrected chi connectivity index (χ2v) is 7.62. The van der Waals surface area contributed by atoms with Crippen LogP contribution in [0, 0.1) is 0 Å². The van der Waals surface area contributed by atoms with Crippen molar-refractivity contribution in [3.63, 3.8) is 0 Å². The minimum absolute atomic E-state index is 0.724. The van der Waals surface area contributed by atoms with Crippen LogP contribution in [-0.2, 0) is 4.74 Å². The summed E-state index contributed by atoms with van der Waals surface area (Å²) >= 11 is 0. The zero-order valence-corrected chi connectivity index (χ0v) is 9.41. The Kier molecular flexibility index (Phi) is 3.51. The number of ether oxygens (including phenoxy) is 1. The van der Waals surface area contributed by atoms with Gasteiger partial charge in [0.25, 0.3) is 8.32 Å². The third-order valence-electron chi connectivity index (χ3n) is 1.63. The molecule has 0 fully saturated rings. The minimum Gasteiger partial charge on any atom is -0.542 e. The van der Waals surface area contributed by atoms with Crippen molar-refractivity contribution in [3.05, 3.63) is 30.3 Å². The molecule has 3 heteroatoms. The fraction of sp³-hybridized carbons (Fsp3) is 0.400. The van der Waals surface area contributed by atoms with Crippen molar-refractivity contribution in [1.82, 2.24) is 0 Å². The fourth-order valence-electron chi connectivity index (χ4n) is 1.18. The van der Waals surface area contributed by atoms with Crippen LogP contribution in [0.15, 0.2) is 30.3 Å². The molecule has 13 heavy (non-hydrogen) atoms. The van der Waals surface area contributed by atoms with Crippen molar-refractivity contribution in [2.75, 3.05) is 13.3 Å². The van der Waals surface area contributed by atoms with E-state index < -0.39 is 8.32 Å². The highest BCUT2D eigenvalue weighted by molar-refractivity contribution is 6.71. The van der Waals surface area contributed by atoms with Gasteiger partial charge in [-0.1, -0.05) is 18.2 Å². The van der Waals surface area contributed by atoms with Gasteiger partial charge in [-0.2, -0.15) is 0 Å². The third kappa shape index (κ3) is 3.61. The standard InChI is InChI=1S/C10H16O2Si/c1-11-9-13(2,3)12-10-7-5-4-6-8-10/h4-8H,9H2,1-3H3. The maximum Gasteiger partial charge on any atom is 0.270 e. The molecule has 72 valence electrons. The number of para-hydroxylation sites is 1.